The normalized spacial score (nSPS) is 16.2. The van der Waals surface area contributed by atoms with Crippen LogP contribution in [-0.2, 0) is 24.3 Å². The van der Waals surface area contributed by atoms with Crippen LogP contribution in [0.25, 0.3) is 11.1 Å². The first-order chi connectivity index (χ1) is 12.3. The van der Waals surface area contributed by atoms with Crippen molar-refractivity contribution < 1.29 is 4.79 Å². The highest BCUT2D eigenvalue weighted by Crippen LogP contribution is 2.21. The molecular formula is C21H21N3O. The number of amides is 1. The fraction of sp³-hybridized carbons (Fsp3) is 0.238. The number of carbonyl (C=O) groups excluding carboxylic acids is 1. The maximum absolute atomic E-state index is 12.5. The molecule has 25 heavy (non-hydrogen) atoms. The molecule has 0 saturated heterocycles. The number of rotatable bonds is 4. The molecule has 126 valence electrons. The molecule has 0 bridgehead atoms. The van der Waals surface area contributed by atoms with Crippen LogP contribution in [0.3, 0.4) is 0 Å². The van der Waals surface area contributed by atoms with Crippen molar-refractivity contribution >= 4 is 5.91 Å². The van der Waals surface area contributed by atoms with Gasteiger partial charge in [0.15, 0.2) is 0 Å². The molecule has 1 aromatic heterocycles. The summed E-state index contributed by atoms with van der Waals surface area (Å²) in [6, 6.07) is 20.7. The summed E-state index contributed by atoms with van der Waals surface area (Å²) >= 11 is 0. The fourth-order valence-corrected chi connectivity index (χ4v) is 3.37. The zero-order valence-corrected chi connectivity index (χ0v) is 14.1. The molecule has 2 aromatic carbocycles. The smallest absolute Gasteiger partial charge is 0.223 e. The minimum Gasteiger partial charge on any atom is -0.352 e. The zero-order chi connectivity index (χ0) is 17.1. The highest BCUT2D eigenvalue weighted by molar-refractivity contribution is 5.79. The lowest BCUT2D eigenvalue weighted by Gasteiger charge is -2.22. The van der Waals surface area contributed by atoms with Gasteiger partial charge in [0.05, 0.1) is 0 Å². The summed E-state index contributed by atoms with van der Waals surface area (Å²) in [7, 11) is 0. The van der Waals surface area contributed by atoms with Gasteiger partial charge in [0.2, 0.25) is 5.91 Å². The fourth-order valence-electron chi connectivity index (χ4n) is 3.37. The van der Waals surface area contributed by atoms with Crippen LogP contribution in [-0.4, -0.2) is 15.7 Å². The molecule has 0 radical (unpaired) electrons. The third kappa shape index (κ3) is 3.48. The van der Waals surface area contributed by atoms with Crippen LogP contribution >= 0.6 is 0 Å². The molecule has 3 aromatic rings. The number of nitrogens with zero attached hydrogens (tertiary/aromatic N) is 2. The largest absolute Gasteiger partial charge is 0.352 e. The summed E-state index contributed by atoms with van der Waals surface area (Å²) in [5, 5.41) is 7.34. The Kier molecular flexibility index (Phi) is 4.34. The molecular weight excluding hydrogens is 310 g/mol. The Morgan fingerprint density at radius 2 is 1.80 bits per heavy atom. The van der Waals surface area contributed by atoms with Crippen LogP contribution in [0.4, 0.5) is 0 Å². The Bertz CT molecular complexity index is 852. The summed E-state index contributed by atoms with van der Waals surface area (Å²) in [5.74, 6) is 0.187. The molecule has 0 spiro atoms. The maximum Gasteiger partial charge on any atom is 0.223 e. The lowest BCUT2D eigenvalue weighted by atomic mass is 9.95. The van der Waals surface area contributed by atoms with Crippen molar-refractivity contribution in [2.45, 2.75) is 25.9 Å². The molecule has 2 heterocycles. The van der Waals surface area contributed by atoms with Crippen molar-refractivity contribution in [3.8, 4) is 11.1 Å². The second kappa shape index (κ2) is 6.93. The van der Waals surface area contributed by atoms with Crippen molar-refractivity contribution in [1.82, 2.24) is 15.1 Å². The average molecular weight is 331 g/mol. The van der Waals surface area contributed by atoms with E-state index in [1.54, 1.807) is 0 Å². The van der Waals surface area contributed by atoms with E-state index in [1.165, 1.54) is 11.1 Å². The summed E-state index contributed by atoms with van der Waals surface area (Å²) in [6.45, 7) is 1.40. The molecule has 1 unspecified atom stereocenters. The minimum atomic E-state index is 0.0489. The number of carbonyl (C=O) groups is 1. The molecule has 0 fully saturated rings. The number of fused-ring (bicyclic) bond motifs is 1. The highest BCUT2D eigenvalue weighted by Gasteiger charge is 2.24. The minimum absolute atomic E-state index is 0.0489. The van der Waals surface area contributed by atoms with Crippen LogP contribution in [0, 0.1) is 5.92 Å². The van der Waals surface area contributed by atoms with Gasteiger partial charge in [-0.05, 0) is 29.2 Å². The number of nitrogens with one attached hydrogen (secondary N) is 1. The van der Waals surface area contributed by atoms with Gasteiger partial charge in [-0.25, -0.2) is 0 Å². The molecule has 1 atom stereocenters. The summed E-state index contributed by atoms with van der Waals surface area (Å²) in [6.07, 6.45) is 3.44. The van der Waals surface area contributed by atoms with Crippen LogP contribution in [0.2, 0.25) is 0 Å². The van der Waals surface area contributed by atoms with Gasteiger partial charge in [-0.2, -0.15) is 5.10 Å². The second-order valence-electron chi connectivity index (χ2n) is 6.52. The first-order valence-corrected chi connectivity index (χ1v) is 8.72. The quantitative estimate of drug-likeness (QED) is 0.796. The molecule has 0 aliphatic carbocycles. The van der Waals surface area contributed by atoms with E-state index in [2.05, 4.69) is 46.8 Å². The SMILES string of the molecule is O=C(NCc1ccc(-c2ccccc2)cc1)C1CCn2nccc2C1. The van der Waals surface area contributed by atoms with Gasteiger partial charge in [0.1, 0.15) is 0 Å². The molecule has 1 aliphatic rings. The van der Waals surface area contributed by atoms with E-state index in [0.29, 0.717) is 6.54 Å². The van der Waals surface area contributed by atoms with Crippen molar-refractivity contribution in [1.29, 1.82) is 0 Å². The number of aryl methyl sites for hydroxylation is 1. The number of aromatic nitrogens is 2. The average Bonchev–Trinajstić information content (AvgIpc) is 3.15. The van der Waals surface area contributed by atoms with Crippen LogP contribution in [0.1, 0.15) is 17.7 Å². The first kappa shape index (κ1) is 15.6. The van der Waals surface area contributed by atoms with E-state index in [0.717, 1.165) is 30.6 Å². The molecule has 1 aliphatic heterocycles. The van der Waals surface area contributed by atoms with E-state index in [9.17, 15) is 4.79 Å². The standard InChI is InChI=1S/C21H21N3O/c25-21(19-11-13-24-20(14-19)10-12-23-24)22-15-16-6-8-18(9-7-16)17-4-2-1-3-5-17/h1-10,12,19H,11,13-15H2,(H,22,25). The van der Waals surface area contributed by atoms with Crippen molar-refractivity contribution in [2.24, 2.45) is 5.92 Å². The maximum atomic E-state index is 12.5. The third-order valence-electron chi connectivity index (χ3n) is 4.85. The summed E-state index contributed by atoms with van der Waals surface area (Å²) < 4.78 is 1.99. The zero-order valence-electron chi connectivity index (χ0n) is 14.1. The van der Waals surface area contributed by atoms with Crippen LogP contribution in [0.15, 0.2) is 66.9 Å². The molecule has 1 N–H and O–H groups in total. The Morgan fingerprint density at radius 1 is 1.04 bits per heavy atom. The van der Waals surface area contributed by atoms with Gasteiger partial charge in [0.25, 0.3) is 0 Å². The van der Waals surface area contributed by atoms with Crippen LogP contribution in [0.5, 0.6) is 0 Å². The lowest BCUT2D eigenvalue weighted by molar-refractivity contribution is -0.125. The van der Waals surface area contributed by atoms with E-state index in [4.69, 9.17) is 0 Å². The molecule has 0 saturated carbocycles. The van der Waals surface area contributed by atoms with Crippen molar-refractivity contribution in [3.05, 3.63) is 78.1 Å². The lowest BCUT2D eigenvalue weighted by Crippen LogP contribution is -2.35. The number of hydrogen-bond acceptors (Lipinski definition) is 2. The van der Waals surface area contributed by atoms with E-state index >= 15 is 0 Å². The highest BCUT2D eigenvalue weighted by atomic mass is 16.1. The Hall–Kier alpha value is -2.88. The predicted octanol–water partition coefficient (Wildman–Crippen LogP) is 3.43. The first-order valence-electron chi connectivity index (χ1n) is 8.72. The van der Waals surface area contributed by atoms with Crippen LogP contribution < -0.4 is 5.32 Å². The molecule has 4 rings (SSSR count). The third-order valence-corrected chi connectivity index (χ3v) is 4.85. The van der Waals surface area contributed by atoms with Gasteiger partial charge in [-0.1, -0.05) is 54.6 Å². The van der Waals surface area contributed by atoms with Crippen molar-refractivity contribution in [2.75, 3.05) is 0 Å². The second-order valence-corrected chi connectivity index (χ2v) is 6.52. The predicted molar refractivity (Wildman–Crippen MR) is 97.8 cm³/mol. The monoisotopic (exact) mass is 331 g/mol. The van der Waals surface area contributed by atoms with Crippen molar-refractivity contribution in [3.63, 3.8) is 0 Å². The Morgan fingerprint density at radius 3 is 2.60 bits per heavy atom. The Balaban J connectivity index is 1.35. The van der Waals surface area contributed by atoms with Gasteiger partial charge in [-0.15, -0.1) is 0 Å². The summed E-state index contributed by atoms with van der Waals surface area (Å²) in [4.78, 5) is 12.5. The van der Waals surface area contributed by atoms with E-state index in [1.807, 2.05) is 35.1 Å². The van der Waals surface area contributed by atoms with Gasteiger partial charge in [0, 0.05) is 37.3 Å². The Labute approximate surface area is 147 Å². The van der Waals surface area contributed by atoms with E-state index < -0.39 is 0 Å². The topological polar surface area (TPSA) is 46.9 Å². The van der Waals surface area contributed by atoms with Gasteiger partial charge in [-0.3, -0.25) is 9.48 Å². The molecule has 4 heteroatoms. The van der Waals surface area contributed by atoms with Gasteiger partial charge < -0.3 is 5.32 Å². The number of hydrogen-bond donors (Lipinski definition) is 1. The van der Waals surface area contributed by atoms with Gasteiger partial charge >= 0.3 is 0 Å². The summed E-state index contributed by atoms with van der Waals surface area (Å²) in [5.41, 5.74) is 4.67. The number of benzene rings is 2. The van der Waals surface area contributed by atoms with E-state index in [-0.39, 0.29) is 11.8 Å². The molecule has 1 amide bonds. The molecule has 4 nitrogen and oxygen atoms in total.